The Labute approximate surface area is 177 Å². The van der Waals surface area contributed by atoms with Crippen molar-refractivity contribution in [2.75, 3.05) is 0 Å². The molecule has 0 radical (unpaired) electrons. The van der Waals surface area contributed by atoms with Crippen LogP contribution >= 0.6 is 0 Å². The van der Waals surface area contributed by atoms with Gasteiger partial charge in [0.2, 0.25) is 0 Å². The average molecular weight is 439 g/mol. The molecular weight excluding hydrogens is 415 g/mol. The number of phenolic OH excluding ortho intramolecular Hbond substituents is 1. The van der Waals surface area contributed by atoms with Crippen LogP contribution in [0.15, 0.2) is 36.4 Å². The van der Waals surface area contributed by atoms with E-state index in [9.17, 15) is 27.9 Å². The number of Topliss-reactive ketones (excluding diaryl/α,β-unsaturated/α-hetero) is 1. The molecule has 168 valence electrons. The van der Waals surface area contributed by atoms with Crippen LogP contribution in [-0.2, 0) is 23.9 Å². The Bertz CT molecular complexity index is 970. The maximum atomic E-state index is 13.4. The van der Waals surface area contributed by atoms with Crippen LogP contribution in [0.3, 0.4) is 0 Å². The van der Waals surface area contributed by atoms with E-state index in [1.54, 1.807) is 32.0 Å². The molecule has 0 aliphatic heterocycles. The first-order chi connectivity index (χ1) is 14.3. The summed E-state index contributed by atoms with van der Waals surface area (Å²) in [6.45, 7) is 4.33. The number of carbonyl (C=O) groups excluding carboxylic acids is 2. The Hall–Kier alpha value is -3.23. The van der Waals surface area contributed by atoms with Gasteiger partial charge in [0.25, 0.3) is 0 Å². The lowest BCUT2D eigenvalue weighted by atomic mass is 9.97. The number of amides is 1. The van der Waals surface area contributed by atoms with Crippen LogP contribution in [0.5, 0.6) is 11.5 Å². The van der Waals surface area contributed by atoms with E-state index < -0.39 is 46.3 Å². The monoisotopic (exact) mass is 439 g/mol. The Morgan fingerprint density at radius 3 is 2.32 bits per heavy atom. The largest absolute Gasteiger partial charge is 0.506 e. The zero-order chi connectivity index (χ0) is 23.4. The molecule has 0 aliphatic carbocycles. The van der Waals surface area contributed by atoms with Crippen LogP contribution in [0, 0.1) is 0 Å². The van der Waals surface area contributed by atoms with Crippen LogP contribution in [0.4, 0.5) is 18.0 Å². The summed E-state index contributed by atoms with van der Waals surface area (Å²) in [4.78, 5) is 22.4. The van der Waals surface area contributed by atoms with E-state index in [1.807, 2.05) is 6.07 Å². The van der Waals surface area contributed by atoms with Crippen molar-refractivity contribution in [3.63, 3.8) is 0 Å². The molecule has 2 aromatic rings. The van der Waals surface area contributed by atoms with Crippen molar-refractivity contribution in [1.82, 2.24) is 0 Å². The number of hydrogen-bond acceptors (Lipinski definition) is 5. The van der Waals surface area contributed by atoms with E-state index in [-0.39, 0.29) is 6.61 Å². The molecule has 0 saturated heterocycles. The molecular formula is C22H24F3NO5. The standard InChI is InChI=1S/C22H24F3NO5/c1-13(27)16-7-8-17(18(19(16)28)22(23,24)25)30-12-15-6-4-5-14(11-15)9-10-21(2,3)31-20(26)29/h4-8,11,28H,9-10,12H2,1-3H3,(H2,26,29). The van der Waals surface area contributed by atoms with E-state index in [4.69, 9.17) is 15.2 Å². The summed E-state index contributed by atoms with van der Waals surface area (Å²) in [6.07, 6.45) is -4.75. The van der Waals surface area contributed by atoms with Gasteiger partial charge >= 0.3 is 12.3 Å². The van der Waals surface area contributed by atoms with E-state index in [2.05, 4.69) is 0 Å². The number of alkyl halides is 3. The van der Waals surface area contributed by atoms with E-state index >= 15 is 0 Å². The second-order valence-electron chi connectivity index (χ2n) is 7.68. The van der Waals surface area contributed by atoms with Crippen molar-refractivity contribution in [1.29, 1.82) is 0 Å². The molecule has 0 atom stereocenters. The van der Waals surface area contributed by atoms with Gasteiger partial charge in [0.15, 0.2) is 5.78 Å². The van der Waals surface area contributed by atoms with Gasteiger partial charge in [-0.25, -0.2) is 4.79 Å². The topological polar surface area (TPSA) is 98.9 Å². The highest BCUT2D eigenvalue weighted by atomic mass is 19.4. The maximum Gasteiger partial charge on any atom is 0.423 e. The molecule has 31 heavy (non-hydrogen) atoms. The molecule has 0 aliphatic rings. The van der Waals surface area contributed by atoms with Crippen LogP contribution in [0.2, 0.25) is 0 Å². The zero-order valence-electron chi connectivity index (χ0n) is 17.4. The Kier molecular flexibility index (Phi) is 7.20. The number of hydrogen-bond donors (Lipinski definition) is 2. The predicted molar refractivity (Wildman–Crippen MR) is 107 cm³/mol. The molecule has 9 heteroatoms. The lowest BCUT2D eigenvalue weighted by Gasteiger charge is -2.24. The van der Waals surface area contributed by atoms with Crippen molar-refractivity contribution in [3.05, 3.63) is 58.7 Å². The number of aryl methyl sites for hydroxylation is 1. The zero-order valence-corrected chi connectivity index (χ0v) is 17.4. The minimum absolute atomic E-state index is 0.184. The van der Waals surface area contributed by atoms with Crippen molar-refractivity contribution in [3.8, 4) is 11.5 Å². The fourth-order valence-electron chi connectivity index (χ4n) is 3.06. The molecule has 0 saturated carbocycles. The van der Waals surface area contributed by atoms with Gasteiger partial charge in [-0.3, -0.25) is 4.79 Å². The van der Waals surface area contributed by atoms with Crippen molar-refractivity contribution >= 4 is 11.9 Å². The summed E-state index contributed by atoms with van der Waals surface area (Å²) in [6, 6.07) is 9.13. The van der Waals surface area contributed by atoms with E-state index in [0.29, 0.717) is 18.4 Å². The highest BCUT2D eigenvalue weighted by Gasteiger charge is 2.39. The van der Waals surface area contributed by atoms with E-state index in [0.717, 1.165) is 24.6 Å². The number of nitrogens with two attached hydrogens (primary N) is 1. The molecule has 0 bridgehead atoms. The molecule has 6 nitrogen and oxygen atoms in total. The minimum atomic E-state index is -4.90. The first-order valence-electron chi connectivity index (χ1n) is 9.43. The Morgan fingerprint density at radius 2 is 1.74 bits per heavy atom. The summed E-state index contributed by atoms with van der Waals surface area (Å²) in [7, 11) is 0. The molecule has 2 aromatic carbocycles. The molecule has 1 amide bonds. The van der Waals surface area contributed by atoms with Crippen LogP contribution in [0.1, 0.15) is 54.2 Å². The second kappa shape index (κ2) is 9.28. The molecule has 0 heterocycles. The fourth-order valence-corrected chi connectivity index (χ4v) is 3.06. The lowest BCUT2D eigenvalue weighted by Crippen LogP contribution is -2.31. The summed E-state index contributed by atoms with van der Waals surface area (Å²) in [5, 5.41) is 9.96. The molecule has 2 rings (SSSR count). The van der Waals surface area contributed by atoms with Gasteiger partial charge < -0.3 is 20.3 Å². The molecule has 0 spiro atoms. The smallest absolute Gasteiger partial charge is 0.423 e. The van der Waals surface area contributed by atoms with Gasteiger partial charge in [0.1, 0.15) is 29.3 Å². The number of phenols is 1. The third-order valence-electron chi connectivity index (χ3n) is 4.58. The predicted octanol–water partition coefficient (Wildman–Crippen LogP) is 5.00. The van der Waals surface area contributed by atoms with Gasteiger partial charge in [-0.05, 0) is 56.9 Å². The van der Waals surface area contributed by atoms with Crippen LogP contribution < -0.4 is 10.5 Å². The first kappa shape index (κ1) is 24.0. The number of benzene rings is 2. The molecule has 0 aromatic heterocycles. The third kappa shape index (κ3) is 6.63. The Balaban J connectivity index is 2.17. The number of halogens is 3. The van der Waals surface area contributed by atoms with Crippen LogP contribution in [-0.4, -0.2) is 22.6 Å². The quantitative estimate of drug-likeness (QED) is 0.564. The van der Waals surface area contributed by atoms with Gasteiger partial charge in [-0.15, -0.1) is 0 Å². The molecule has 3 N–H and O–H groups in total. The molecule has 0 unspecified atom stereocenters. The summed E-state index contributed by atoms with van der Waals surface area (Å²) >= 11 is 0. The number of ketones is 1. The summed E-state index contributed by atoms with van der Waals surface area (Å²) in [5.41, 5.74) is 3.94. The lowest BCUT2D eigenvalue weighted by molar-refractivity contribution is -0.140. The van der Waals surface area contributed by atoms with Gasteiger partial charge in [0.05, 0.1) is 5.56 Å². The SMILES string of the molecule is CC(=O)c1ccc(OCc2cccc(CCC(C)(C)OC(N)=O)c2)c(C(F)(F)F)c1O. The van der Waals surface area contributed by atoms with Gasteiger partial charge in [-0.2, -0.15) is 13.2 Å². The van der Waals surface area contributed by atoms with Crippen LogP contribution in [0.25, 0.3) is 0 Å². The number of carbonyl (C=O) groups is 2. The number of ether oxygens (including phenoxy) is 2. The second-order valence-corrected chi connectivity index (χ2v) is 7.68. The van der Waals surface area contributed by atoms with Crippen molar-refractivity contribution in [2.24, 2.45) is 5.73 Å². The highest BCUT2D eigenvalue weighted by molar-refractivity contribution is 5.97. The summed E-state index contributed by atoms with van der Waals surface area (Å²) in [5.74, 6) is -2.41. The Morgan fingerprint density at radius 1 is 1.10 bits per heavy atom. The number of rotatable bonds is 8. The van der Waals surface area contributed by atoms with Gasteiger partial charge in [-0.1, -0.05) is 24.3 Å². The maximum absolute atomic E-state index is 13.4. The minimum Gasteiger partial charge on any atom is -0.506 e. The summed E-state index contributed by atoms with van der Waals surface area (Å²) < 4.78 is 50.7. The third-order valence-corrected chi connectivity index (χ3v) is 4.58. The highest BCUT2D eigenvalue weighted by Crippen LogP contribution is 2.44. The van der Waals surface area contributed by atoms with Gasteiger partial charge in [0, 0.05) is 0 Å². The number of aromatic hydroxyl groups is 1. The van der Waals surface area contributed by atoms with E-state index in [1.165, 1.54) is 0 Å². The number of primary amides is 1. The fraction of sp³-hybridized carbons (Fsp3) is 0.364. The van der Waals surface area contributed by atoms with Crippen molar-refractivity contribution < 1.29 is 37.3 Å². The first-order valence-corrected chi connectivity index (χ1v) is 9.43. The van der Waals surface area contributed by atoms with Crippen molar-refractivity contribution in [2.45, 2.75) is 52.0 Å². The normalized spacial score (nSPS) is 11.8. The average Bonchev–Trinajstić information content (AvgIpc) is 2.63. The molecule has 0 fully saturated rings.